The maximum absolute atomic E-state index is 14.3. The van der Waals surface area contributed by atoms with Gasteiger partial charge in [-0.15, -0.1) is 0 Å². The molecule has 4 rings (SSSR count). The quantitative estimate of drug-likeness (QED) is 0.440. The number of rotatable bonds is 7. The van der Waals surface area contributed by atoms with Crippen LogP contribution in [-0.4, -0.2) is 33.6 Å². The number of nitrogens with one attached hydrogen (secondary N) is 1. The van der Waals surface area contributed by atoms with Crippen LogP contribution in [0.4, 0.5) is 4.39 Å². The molecule has 2 aromatic heterocycles. The minimum absolute atomic E-state index is 0.0608. The molecule has 0 saturated carbocycles. The smallest absolute Gasteiger partial charge is 0.305 e. The molecule has 0 aliphatic carbocycles. The first kappa shape index (κ1) is 22.0. The molecule has 1 atom stereocenters. The molecule has 0 spiro atoms. The van der Waals surface area contributed by atoms with E-state index < -0.39 is 30.2 Å². The molecule has 0 aliphatic heterocycles. The van der Waals surface area contributed by atoms with Gasteiger partial charge in [-0.25, -0.2) is 9.37 Å². The number of carbonyl (C=O) groups excluding carboxylic acids is 1. The first-order valence-corrected chi connectivity index (χ1v) is 10.2. The maximum Gasteiger partial charge on any atom is 0.305 e. The minimum Gasteiger partial charge on any atom is -0.494 e. The largest absolute Gasteiger partial charge is 0.494 e. The molecule has 0 aliphatic rings. The van der Waals surface area contributed by atoms with Crippen molar-refractivity contribution in [2.75, 3.05) is 7.11 Å². The molecule has 33 heavy (non-hydrogen) atoms. The molecule has 0 radical (unpaired) electrons. The van der Waals surface area contributed by atoms with Gasteiger partial charge in [0.1, 0.15) is 23.0 Å². The zero-order valence-corrected chi connectivity index (χ0v) is 18.1. The average Bonchev–Trinajstić information content (AvgIpc) is 3.18. The molecule has 2 N–H and O–H groups in total. The van der Waals surface area contributed by atoms with Gasteiger partial charge in [0.05, 0.1) is 19.6 Å². The number of hydrogen-bond acceptors (Lipinski definition) is 4. The number of aromatic nitrogens is 2. The van der Waals surface area contributed by atoms with Gasteiger partial charge in [-0.1, -0.05) is 24.3 Å². The fourth-order valence-electron chi connectivity index (χ4n) is 3.78. The van der Waals surface area contributed by atoms with Gasteiger partial charge in [0, 0.05) is 35.3 Å². The molecule has 2 heterocycles. The monoisotopic (exact) mass is 447 g/mol. The van der Waals surface area contributed by atoms with Crippen LogP contribution in [0.15, 0.2) is 66.9 Å². The van der Waals surface area contributed by atoms with Gasteiger partial charge < -0.3 is 19.7 Å². The van der Waals surface area contributed by atoms with E-state index in [0.717, 1.165) is 16.5 Å². The van der Waals surface area contributed by atoms with Crippen molar-refractivity contribution in [1.29, 1.82) is 0 Å². The number of aliphatic carboxylic acids is 1. The highest BCUT2D eigenvalue weighted by Gasteiger charge is 2.23. The molecule has 7 nitrogen and oxygen atoms in total. The van der Waals surface area contributed by atoms with Crippen molar-refractivity contribution in [1.82, 2.24) is 14.9 Å². The molecule has 0 saturated heterocycles. The highest BCUT2D eigenvalue weighted by molar-refractivity contribution is 5.94. The number of nitrogens with zero attached hydrogens (tertiary/aromatic N) is 2. The van der Waals surface area contributed by atoms with Crippen LogP contribution in [0.1, 0.15) is 28.5 Å². The number of benzene rings is 2. The van der Waals surface area contributed by atoms with Crippen molar-refractivity contribution in [3.8, 4) is 17.0 Å². The number of pyridine rings is 1. The summed E-state index contributed by atoms with van der Waals surface area (Å²) >= 11 is 0. The van der Waals surface area contributed by atoms with Crippen LogP contribution in [-0.2, 0) is 11.8 Å². The van der Waals surface area contributed by atoms with E-state index in [4.69, 9.17) is 4.74 Å². The van der Waals surface area contributed by atoms with Crippen LogP contribution in [0.2, 0.25) is 0 Å². The van der Waals surface area contributed by atoms with Gasteiger partial charge in [-0.3, -0.25) is 9.59 Å². The number of aryl methyl sites for hydroxylation is 1. The van der Waals surface area contributed by atoms with E-state index in [2.05, 4.69) is 10.3 Å². The lowest BCUT2D eigenvalue weighted by Gasteiger charge is -2.18. The van der Waals surface area contributed by atoms with E-state index in [1.54, 1.807) is 12.1 Å². The Morgan fingerprint density at radius 3 is 2.67 bits per heavy atom. The van der Waals surface area contributed by atoms with Crippen LogP contribution < -0.4 is 10.1 Å². The highest BCUT2D eigenvalue weighted by Crippen LogP contribution is 2.31. The van der Waals surface area contributed by atoms with Crippen molar-refractivity contribution < 1.29 is 23.8 Å². The average molecular weight is 447 g/mol. The lowest BCUT2D eigenvalue weighted by atomic mass is 10.0. The van der Waals surface area contributed by atoms with Crippen molar-refractivity contribution in [3.05, 3.63) is 83.9 Å². The number of carboxylic acid groups (broad SMARTS) is 1. The molecule has 0 fully saturated rings. The second-order valence-electron chi connectivity index (χ2n) is 7.59. The molecule has 168 valence electrons. The fraction of sp³-hybridized carbons (Fsp3) is 0.160. The molecule has 2 aromatic carbocycles. The number of halogens is 1. The number of fused-ring (bicyclic) bond motifs is 1. The van der Waals surface area contributed by atoms with Gasteiger partial charge in [-0.2, -0.15) is 0 Å². The molecule has 0 unspecified atom stereocenters. The van der Waals surface area contributed by atoms with Crippen LogP contribution in [0, 0.1) is 5.82 Å². The van der Waals surface area contributed by atoms with E-state index in [1.807, 2.05) is 42.1 Å². The van der Waals surface area contributed by atoms with Crippen LogP contribution in [0.5, 0.6) is 5.75 Å². The predicted octanol–water partition coefficient (Wildman–Crippen LogP) is 4.33. The third kappa shape index (κ3) is 4.55. The van der Waals surface area contributed by atoms with Crippen molar-refractivity contribution >= 4 is 22.8 Å². The first-order chi connectivity index (χ1) is 15.9. The Labute approximate surface area is 189 Å². The van der Waals surface area contributed by atoms with Gasteiger partial charge in [0.15, 0.2) is 0 Å². The summed E-state index contributed by atoms with van der Waals surface area (Å²) in [5.41, 5.74) is 2.43. The zero-order valence-electron chi connectivity index (χ0n) is 18.1. The Hall–Kier alpha value is -4.20. The summed E-state index contributed by atoms with van der Waals surface area (Å²) < 4.78 is 21.7. The zero-order chi connectivity index (χ0) is 23.5. The fourth-order valence-corrected chi connectivity index (χ4v) is 3.78. The third-order valence-electron chi connectivity index (χ3n) is 5.43. The van der Waals surface area contributed by atoms with Crippen LogP contribution in [0.3, 0.4) is 0 Å². The summed E-state index contributed by atoms with van der Waals surface area (Å²) in [4.78, 5) is 28.8. The van der Waals surface area contributed by atoms with Gasteiger partial charge in [0.25, 0.3) is 5.91 Å². The molecular formula is C25H22FN3O4. The van der Waals surface area contributed by atoms with E-state index in [-0.39, 0.29) is 11.3 Å². The van der Waals surface area contributed by atoms with Crippen molar-refractivity contribution in [2.24, 2.45) is 7.05 Å². The van der Waals surface area contributed by atoms with Gasteiger partial charge in [0.2, 0.25) is 0 Å². The van der Waals surface area contributed by atoms with E-state index in [9.17, 15) is 19.1 Å². The summed E-state index contributed by atoms with van der Waals surface area (Å²) in [6.45, 7) is 0. The van der Waals surface area contributed by atoms with Crippen LogP contribution >= 0.6 is 0 Å². The topological polar surface area (TPSA) is 93.4 Å². The molecule has 1 amide bonds. The molecular weight excluding hydrogens is 425 g/mol. The Bertz CT molecular complexity index is 1350. The second kappa shape index (κ2) is 9.12. The Morgan fingerprint density at radius 1 is 1.15 bits per heavy atom. The standard InChI is InChI=1S/C25H22FN3O4/c1-29-12-11-15-13-16(7-9-21(15)29)24-22(33-2)10-8-19(27-24)25(32)28-20(14-23(30)31)17-5-3-4-6-18(17)26/h3-13,20H,14H2,1-2H3,(H,28,32)(H,30,31)/t20-/m0/s1. The number of ether oxygens (including phenoxy) is 1. The molecule has 8 heteroatoms. The van der Waals surface area contributed by atoms with E-state index in [0.29, 0.717) is 11.4 Å². The Morgan fingerprint density at radius 2 is 1.94 bits per heavy atom. The number of methoxy groups -OCH3 is 1. The summed E-state index contributed by atoms with van der Waals surface area (Å²) in [6, 6.07) is 15.6. The van der Waals surface area contributed by atoms with Gasteiger partial charge >= 0.3 is 5.97 Å². The maximum atomic E-state index is 14.3. The third-order valence-corrected chi connectivity index (χ3v) is 5.43. The number of carbonyl (C=O) groups is 2. The van der Waals surface area contributed by atoms with Gasteiger partial charge in [-0.05, 0) is 36.4 Å². The molecule has 0 bridgehead atoms. The number of amides is 1. The summed E-state index contributed by atoms with van der Waals surface area (Å²) in [5.74, 6) is -1.89. The summed E-state index contributed by atoms with van der Waals surface area (Å²) in [7, 11) is 3.47. The number of carboxylic acids is 1. The predicted molar refractivity (Wildman–Crippen MR) is 122 cm³/mol. The van der Waals surface area contributed by atoms with Crippen molar-refractivity contribution in [2.45, 2.75) is 12.5 Å². The summed E-state index contributed by atoms with van der Waals surface area (Å²) in [6.07, 6.45) is 1.48. The highest BCUT2D eigenvalue weighted by atomic mass is 19.1. The number of hydrogen-bond donors (Lipinski definition) is 2. The minimum atomic E-state index is -1.16. The SMILES string of the molecule is COc1ccc(C(=O)N[C@@H](CC(=O)O)c2ccccc2F)nc1-c1ccc2c(ccn2C)c1. The molecule has 4 aromatic rings. The Kier molecular flexibility index (Phi) is 6.08. The normalized spacial score (nSPS) is 11.8. The van der Waals surface area contributed by atoms with E-state index in [1.165, 1.54) is 31.4 Å². The second-order valence-corrected chi connectivity index (χ2v) is 7.59. The Balaban J connectivity index is 1.68. The lowest BCUT2D eigenvalue weighted by molar-refractivity contribution is -0.137. The lowest BCUT2D eigenvalue weighted by Crippen LogP contribution is -2.31. The first-order valence-electron chi connectivity index (χ1n) is 10.2. The van der Waals surface area contributed by atoms with Crippen LogP contribution in [0.25, 0.3) is 22.2 Å². The summed E-state index contributed by atoms with van der Waals surface area (Å²) in [5, 5.41) is 12.9. The van der Waals surface area contributed by atoms with E-state index >= 15 is 0 Å². The van der Waals surface area contributed by atoms with Crippen molar-refractivity contribution in [3.63, 3.8) is 0 Å².